The predicted molar refractivity (Wildman–Crippen MR) is 69.8 cm³/mol. The summed E-state index contributed by atoms with van der Waals surface area (Å²) in [6.07, 6.45) is 5.00. The highest BCUT2D eigenvalue weighted by molar-refractivity contribution is 5.75. The molecule has 0 aromatic carbocycles. The molecule has 0 radical (unpaired) electrons. The summed E-state index contributed by atoms with van der Waals surface area (Å²) in [6, 6.07) is 0.241. The lowest BCUT2D eigenvalue weighted by molar-refractivity contribution is -0.143. The summed E-state index contributed by atoms with van der Waals surface area (Å²) >= 11 is 0. The van der Waals surface area contributed by atoms with Crippen molar-refractivity contribution >= 4 is 5.97 Å². The molecule has 2 unspecified atom stereocenters. The van der Waals surface area contributed by atoms with Gasteiger partial charge < -0.3 is 10.1 Å². The topological polar surface area (TPSA) is 38.3 Å². The smallest absolute Gasteiger partial charge is 0.322 e. The standard InChI is InChI=1S/C14H27NO2/c1-10(13(16)17-5)15-12-9-7-6-8-11(12)14(2,3)4/h10-12,15H,6-9H2,1-5H3/t10-,11?,12?/m0/s1. The minimum atomic E-state index is -0.201. The molecule has 1 rings (SSSR count). The molecule has 1 N–H and O–H groups in total. The van der Waals surface area contributed by atoms with Gasteiger partial charge in [0.05, 0.1) is 7.11 Å². The lowest BCUT2D eigenvalue weighted by Crippen LogP contribution is -2.50. The maximum absolute atomic E-state index is 11.5. The minimum Gasteiger partial charge on any atom is -0.468 e. The number of carbonyl (C=O) groups excluding carboxylic acids is 1. The van der Waals surface area contributed by atoms with Crippen LogP contribution in [0.2, 0.25) is 0 Å². The van der Waals surface area contributed by atoms with E-state index in [9.17, 15) is 4.79 Å². The van der Waals surface area contributed by atoms with Crippen molar-refractivity contribution in [2.45, 2.75) is 65.5 Å². The van der Waals surface area contributed by atoms with Gasteiger partial charge in [-0.15, -0.1) is 0 Å². The SMILES string of the molecule is COC(=O)[C@H](C)NC1CCCCC1C(C)(C)C. The van der Waals surface area contributed by atoms with Crippen LogP contribution in [0.4, 0.5) is 0 Å². The molecule has 1 aliphatic rings. The van der Waals surface area contributed by atoms with Gasteiger partial charge in [0.1, 0.15) is 6.04 Å². The first-order valence-electron chi connectivity index (χ1n) is 6.70. The molecular formula is C14H27NO2. The molecule has 3 atom stereocenters. The second-order valence-corrected chi connectivity index (χ2v) is 6.27. The Morgan fingerprint density at radius 3 is 2.41 bits per heavy atom. The van der Waals surface area contributed by atoms with E-state index in [1.54, 1.807) is 0 Å². The number of methoxy groups -OCH3 is 1. The maximum Gasteiger partial charge on any atom is 0.322 e. The Morgan fingerprint density at radius 1 is 1.29 bits per heavy atom. The van der Waals surface area contributed by atoms with E-state index in [-0.39, 0.29) is 12.0 Å². The molecule has 0 spiro atoms. The van der Waals surface area contributed by atoms with E-state index in [1.165, 1.54) is 32.8 Å². The summed E-state index contributed by atoms with van der Waals surface area (Å²) in [4.78, 5) is 11.5. The van der Waals surface area contributed by atoms with Gasteiger partial charge in [0, 0.05) is 6.04 Å². The fourth-order valence-electron chi connectivity index (χ4n) is 2.93. The first kappa shape index (κ1) is 14.5. The molecule has 100 valence electrons. The molecule has 0 aromatic rings. The van der Waals surface area contributed by atoms with Crippen molar-refractivity contribution in [3.8, 4) is 0 Å². The van der Waals surface area contributed by atoms with Crippen molar-refractivity contribution in [1.82, 2.24) is 5.32 Å². The van der Waals surface area contributed by atoms with Crippen LogP contribution < -0.4 is 5.32 Å². The molecule has 0 aromatic heterocycles. The Labute approximate surface area is 105 Å². The average Bonchev–Trinajstić information content (AvgIpc) is 2.27. The van der Waals surface area contributed by atoms with E-state index in [0.29, 0.717) is 17.4 Å². The summed E-state index contributed by atoms with van der Waals surface area (Å²) in [7, 11) is 1.45. The monoisotopic (exact) mass is 241 g/mol. The van der Waals surface area contributed by atoms with Crippen molar-refractivity contribution in [2.75, 3.05) is 7.11 Å². The maximum atomic E-state index is 11.5. The zero-order valence-corrected chi connectivity index (χ0v) is 11.9. The summed E-state index contributed by atoms with van der Waals surface area (Å²) < 4.78 is 4.77. The molecule has 1 fully saturated rings. The van der Waals surface area contributed by atoms with Gasteiger partial charge in [0.2, 0.25) is 0 Å². The number of hydrogen-bond donors (Lipinski definition) is 1. The van der Waals surface area contributed by atoms with E-state index in [1.807, 2.05) is 6.92 Å². The molecule has 3 nitrogen and oxygen atoms in total. The molecule has 17 heavy (non-hydrogen) atoms. The van der Waals surface area contributed by atoms with Gasteiger partial charge in [0.25, 0.3) is 0 Å². The molecule has 0 saturated heterocycles. The molecule has 0 heterocycles. The first-order valence-corrected chi connectivity index (χ1v) is 6.70. The molecule has 0 bridgehead atoms. The lowest BCUT2D eigenvalue weighted by atomic mass is 9.69. The van der Waals surface area contributed by atoms with E-state index in [4.69, 9.17) is 4.74 Å². The summed E-state index contributed by atoms with van der Waals surface area (Å²) in [5, 5.41) is 3.45. The lowest BCUT2D eigenvalue weighted by Gasteiger charge is -2.41. The van der Waals surface area contributed by atoms with E-state index in [0.717, 1.165) is 0 Å². The second kappa shape index (κ2) is 5.85. The van der Waals surface area contributed by atoms with Crippen molar-refractivity contribution < 1.29 is 9.53 Å². The third-order valence-corrected chi connectivity index (χ3v) is 3.90. The number of rotatable bonds is 3. The van der Waals surface area contributed by atoms with Crippen LogP contribution in [-0.4, -0.2) is 25.2 Å². The number of esters is 1. The van der Waals surface area contributed by atoms with Crippen LogP contribution in [0.15, 0.2) is 0 Å². The Hall–Kier alpha value is -0.570. The number of nitrogens with one attached hydrogen (secondary N) is 1. The Kier molecular flexibility index (Phi) is 4.99. The van der Waals surface area contributed by atoms with Gasteiger partial charge in [-0.25, -0.2) is 0 Å². The van der Waals surface area contributed by atoms with Gasteiger partial charge in [-0.3, -0.25) is 4.79 Å². The number of carbonyl (C=O) groups is 1. The van der Waals surface area contributed by atoms with E-state index in [2.05, 4.69) is 26.1 Å². The quantitative estimate of drug-likeness (QED) is 0.772. The average molecular weight is 241 g/mol. The van der Waals surface area contributed by atoms with Crippen molar-refractivity contribution in [3.05, 3.63) is 0 Å². The van der Waals surface area contributed by atoms with Crippen LogP contribution in [-0.2, 0) is 9.53 Å². The Balaban J connectivity index is 2.63. The van der Waals surface area contributed by atoms with Crippen molar-refractivity contribution in [2.24, 2.45) is 11.3 Å². The molecule has 0 amide bonds. The van der Waals surface area contributed by atoms with E-state index < -0.39 is 0 Å². The molecule has 3 heteroatoms. The van der Waals surface area contributed by atoms with Crippen molar-refractivity contribution in [1.29, 1.82) is 0 Å². The van der Waals surface area contributed by atoms with Crippen LogP contribution in [0.5, 0.6) is 0 Å². The van der Waals surface area contributed by atoms with Gasteiger partial charge >= 0.3 is 5.97 Å². The second-order valence-electron chi connectivity index (χ2n) is 6.27. The minimum absolute atomic E-state index is 0.164. The van der Waals surface area contributed by atoms with Crippen LogP contribution in [0.3, 0.4) is 0 Å². The normalized spacial score (nSPS) is 27.6. The number of ether oxygens (including phenoxy) is 1. The zero-order chi connectivity index (χ0) is 13.1. The van der Waals surface area contributed by atoms with Crippen molar-refractivity contribution in [3.63, 3.8) is 0 Å². The molecule has 0 aliphatic heterocycles. The van der Waals surface area contributed by atoms with E-state index >= 15 is 0 Å². The first-order chi connectivity index (χ1) is 7.86. The Bertz CT molecular complexity index is 257. The summed E-state index contributed by atoms with van der Waals surface area (Å²) in [5.74, 6) is 0.478. The van der Waals surface area contributed by atoms with Gasteiger partial charge in [0.15, 0.2) is 0 Å². The Morgan fingerprint density at radius 2 is 1.88 bits per heavy atom. The third kappa shape index (κ3) is 3.98. The van der Waals surface area contributed by atoms with Gasteiger partial charge in [-0.2, -0.15) is 0 Å². The predicted octanol–water partition coefficient (Wildman–Crippen LogP) is 2.74. The molecule has 1 aliphatic carbocycles. The molecule has 1 saturated carbocycles. The van der Waals surface area contributed by atoms with Crippen LogP contribution >= 0.6 is 0 Å². The fraction of sp³-hybridized carbons (Fsp3) is 0.929. The largest absolute Gasteiger partial charge is 0.468 e. The zero-order valence-electron chi connectivity index (χ0n) is 11.9. The van der Waals surface area contributed by atoms with Crippen LogP contribution in [0.25, 0.3) is 0 Å². The highest BCUT2D eigenvalue weighted by Gasteiger charge is 2.35. The third-order valence-electron chi connectivity index (χ3n) is 3.90. The van der Waals surface area contributed by atoms with Gasteiger partial charge in [-0.1, -0.05) is 33.6 Å². The molecular weight excluding hydrogens is 214 g/mol. The highest BCUT2D eigenvalue weighted by atomic mass is 16.5. The fourth-order valence-corrected chi connectivity index (χ4v) is 2.93. The van der Waals surface area contributed by atoms with Crippen LogP contribution in [0, 0.1) is 11.3 Å². The number of hydrogen-bond acceptors (Lipinski definition) is 3. The summed E-state index contributed by atoms with van der Waals surface area (Å²) in [5.41, 5.74) is 0.300. The summed E-state index contributed by atoms with van der Waals surface area (Å²) in [6.45, 7) is 8.77. The van der Waals surface area contributed by atoms with Gasteiger partial charge in [-0.05, 0) is 31.1 Å². The van der Waals surface area contributed by atoms with Crippen LogP contribution in [0.1, 0.15) is 53.4 Å². The highest BCUT2D eigenvalue weighted by Crippen LogP contribution is 2.38.